The van der Waals surface area contributed by atoms with Gasteiger partial charge in [-0.1, -0.05) is 30.3 Å². The minimum absolute atomic E-state index is 0.141. The molecular formula is C27H23F2N3O2. The van der Waals surface area contributed by atoms with Crippen LogP contribution in [0.3, 0.4) is 0 Å². The van der Waals surface area contributed by atoms with Crippen LogP contribution in [0.4, 0.5) is 8.78 Å². The maximum absolute atomic E-state index is 13.9. The first-order chi connectivity index (χ1) is 16.6. The van der Waals surface area contributed by atoms with Gasteiger partial charge < -0.3 is 9.32 Å². The molecule has 0 bridgehead atoms. The molecule has 0 aliphatic carbocycles. The fourth-order valence-electron chi connectivity index (χ4n) is 4.33. The highest BCUT2D eigenvalue weighted by Gasteiger charge is 2.34. The van der Waals surface area contributed by atoms with Crippen LogP contribution in [0.1, 0.15) is 57.7 Å². The Morgan fingerprint density at radius 2 is 1.88 bits per heavy atom. The van der Waals surface area contributed by atoms with E-state index >= 15 is 0 Å². The van der Waals surface area contributed by atoms with Crippen LogP contribution in [0.15, 0.2) is 77.5 Å². The van der Waals surface area contributed by atoms with E-state index in [1.165, 1.54) is 18.2 Å². The smallest absolute Gasteiger partial charge is 0.256 e. The van der Waals surface area contributed by atoms with Crippen molar-refractivity contribution in [1.29, 1.82) is 0 Å². The third-order valence-corrected chi connectivity index (χ3v) is 6.04. The van der Waals surface area contributed by atoms with Crippen LogP contribution in [-0.4, -0.2) is 27.3 Å². The number of halogens is 2. The second-order valence-corrected chi connectivity index (χ2v) is 8.43. The molecule has 5 nitrogen and oxygen atoms in total. The van der Waals surface area contributed by atoms with E-state index in [2.05, 4.69) is 9.97 Å². The molecule has 0 unspecified atom stereocenters. The maximum atomic E-state index is 13.9. The van der Waals surface area contributed by atoms with Crippen molar-refractivity contribution in [1.82, 2.24) is 14.9 Å². The van der Waals surface area contributed by atoms with Gasteiger partial charge in [0.25, 0.3) is 5.91 Å². The fraction of sp³-hybridized carbons (Fsp3) is 0.222. The van der Waals surface area contributed by atoms with E-state index in [1.54, 1.807) is 53.7 Å². The highest BCUT2D eigenvalue weighted by atomic mass is 19.1. The van der Waals surface area contributed by atoms with Crippen LogP contribution in [0.2, 0.25) is 0 Å². The summed E-state index contributed by atoms with van der Waals surface area (Å²) >= 11 is 0. The van der Waals surface area contributed by atoms with Crippen LogP contribution in [-0.2, 0) is 12.8 Å². The monoisotopic (exact) mass is 459 g/mol. The molecule has 1 aliphatic rings. The molecule has 3 heterocycles. The number of carbonyl (C=O) groups excluding carboxylic acids is 1. The highest BCUT2D eigenvalue weighted by Crippen LogP contribution is 2.33. The number of aromatic nitrogens is 2. The Balaban J connectivity index is 1.28. The molecule has 0 radical (unpaired) electrons. The van der Waals surface area contributed by atoms with Gasteiger partial charge in [0.15, 0.2) is 0 Å². The molecular weight excluding hydrogens is 436 g/mol. The van der Waals surface area contributed by atoms with Gasteiger partial charge in [-0.25, -0.2) is 13.8 Å². The Labute approximate surface area is 196 Å². The molecule has 1 aliphatic heterocycles. The normalized spacial score (nSPS) is 15.6. The van der Waals surface area contributed by atoms with Crippen molar-refractivity contribution in [3.8, 4) is 0 Å². The molecule has 2 aromatic heterocycles. The topological polar surface area (TPSA) is 59.2 Å². The van der Waals surface area contributed by atoms with Crippen LogP contribution in [0, 0.1) is 11.6 Å². The molecule has 2 aromatic carbocycles. The second kappa shape index (κ2) is 9.55. The summed E-state index contributed by atoms with van der Waals surface area (Å²) in [5.41, 5.74) is 2.51. The average molecular weight is 459 g/mol. The summed E-state index contributed by atoms with van der Waals surface area (Å²) in [6.07, 6.45) is 5.57. The molecule has 1 fully saturated rings. The number of rotatable bonds is 6. The number of likely N-dealkylation sites (tertiary alicyclic amines) is 1. The number of oxazole rings is 1. The summed E-state index contributed by atoms with van der Waals surface area (Å²) in [5, 5.41) is 0. The molecule has 5 rings (SSSR count). The third-order valence-electron chi connectivity index (χ3n) is 6.04. The van der Waals surface area contributed by atoms with Crippen LogP contribution >= 0.6 is 0 Å². The molecule has 0 saturated carbocycles. The van der Waals surface area contributed by atoms with E-state index in [0.717, 1.165) is 18.4 Å². The van der Waals surface area contributed by atoms with E-state index in [-0.39, 0.29) is 23.6 Å². The number of pyridine rings is 1. The van der Waals surface area contributed by atoms with E-state index in [1.807, 2.05) is 6.07 Å². The summed E-state index contributed by atoms with van der Waals surface area (Å²) in [7, 11) is 0. The zero-order valence-electron chi connectivity index (χ0n) is 18.5. The van der Waals surface area contributed by atoms with Gasteiger partial charge in [0.1, 0.15) is 23.4 Å². The van der Waals surface area contributed by atoms with Gasteiger partial charge in [-0.3, -0.25) is 9.78 Å². The van der Waals surface area contributed by atoms with Crippen molar-refractivity contribution in [2.75, 3.05) is 6.54 Å². The predicted octanol–water partition coefficient (Wildman–Crippen LogP) is 5.51. The van der Waals surface area contributed by atoms with Crippen molar-refractivity contribution in [2.45, 2.75) is 31.7 Å². The summed E-state index contributed by atoms with van der Waals surface area (Å²) in [4.78, 5) is 23.7. The lowest BCUT2D eigenvalue weighted by Gasteiger charge is -2.22. The van der Waals surface area contributed by atoms with Crippen molar-refractivity contribution in [3.05, 3.63) is 119 Å². The first kappa shape index (κ1) is 21.9. The number of amides is 1. The molecule has 1 saturated heterocycles. The quantitative estimate of drug-likeness (QED) is 0.382. The number of carbonyl (C=O) groups is 1. The van der Waals surface area contributed by atoms with Gasteiger partial charge in [-0.2, -0.15) is 0 Å². The van der Waals surface area contributed by atoms with Crippen molar-refractivity contribution in [2.24, 2.45) is 0 Å². The summed E-state index contributed by atoms with van der Waals surface area (Å²) in [6.45, 7) is 0.599. The lowest BCUT2D eigenvalue weighted by molar-refractivity contribution is 0.0714. The molecule has 172 valence electrons. The summed E-state index contributed by atoms with van der Waals surface area (Å²) in [5.74, 6) is 0.406. The Kier molecular flexibility index (Phi) is 6.16. The van der Waals surface area contributed by atoms with Crippen molar-refractivity contribution < 1.29 is 18.0 Å². The van der Waals surface area contributed by atoms with Gasteiger partial charge in [-0.15, -0.1) is 0 Å². The van der Waals surface area contributed by atoms with Crippen LogP contribution in [0.25, 0.3) is 0 Å². The summed E-state index contributed by atoms with van der Waals surface area (Å²) < 4.78 is 33.3. The zero-order valence-corrected chi connectivity index (χ0v) is 18.5. The Morgan fingerprint density at radius 1 is 1.00 bits per heavy atom. The lowest BCUT2D eigenvalue weighted by atomic mass is 10.1. The largest absolute Gasteiger partial charge is 0.443 e. The number of hydrogen-bond acceptors (Lipinski definition) is 4. The van der Waals surface area contributed by atoms with Gasteiger partial charge in [0.2, 0.25) is 5.89 Å². The molecule has 34 heavy (non-hydrogen) atoms. The number of hydrogen-bond donors (Lipinski definition) is 0. The minimum atomic E-state index is -0.293. The maximum Gasteiger partial charge on any atom is 0.256 e. The van der Waals surface area contributed by atoms with Crippen molar-refractivity contribution in [3.63, 3.8) is 0 Å². The standard InChI is InChI=1S/C27H23F2N3O2/c28-21-7-3-5-18(13-21)14-23-17-31-26(34-23)25-9-4-12-32(25)27(33)20-10-11-22(30-16-20)15-19-6-1-2-8-24(19)29/h1-3,5-8,10-11,13,16-17,25H,4,9,12,14-15H2/t25-/m1/s1. The Hall–Kier alpha value is -3.87. The van der Waals surface area contributed by atoms with Gasteiger partial charge in [-0.05, 0) is 54.3 Å². The predicted molar refractivity (Wildman–Crippen MR) is 122 cm³/mol. The molecule has 0 spiro atoms. The molecule has 0 N–H and O–H groups in total. The lowest BCUT2D eigenvalue weighted by Crippen LogP contribution is -2.30. The SMILES string of the molecule is O=C(c1ccc(Cc2ccccc2F)nc1)N1CCC[C@@H]1c1ncc(Cc2cccc(F)c2)o1. The van der Waals surface area contributed by atoms with Crippen LogP contribution in [0.5, 0.6) is 0 Å². The number of nitrogens with zero attached hydrogens (tertiary/aromatic N) is 3. The molecule has 1 atom stereocenters. The minimum Gasteiger partial charge on any atom is -0.443 e. The van der Waals surface area contributed by atoms with E-state index in [4.69, 9.17) is 4.42 Å². The average Bonchev–Trinajstić information content (AvgIpc) is 3.50. The van der Waals surface area contributed by atoms with E-state index < -0.39 is 0 Å². The molecule has 4 aromatic rings. The van der Waals surface area contributed by atoms with E-state index in [0.29, 0.717) is 47.9 Å². The van der Waals surface area contributed by atoms with Gasteiger partial charge in [0.05, 0.1) is 11.8 Å². The number of benzene rings is 2. The van der Waals surface area contributed by atoms with Gasteiger partial charge in [0, 0.05) is 31.3 Å². The van der Waals surface area contributed by atoms with Crippen LogP contribution < -0.4 is 0 Å². The molecule has 1 amide bonds. The third kappa shape index (κ3) is 4.73. The van der Waals surface area contributed by atoms with Gasteiger partial charge >= 0.3 is 0 Å². The zero-order chi connectivity index (χ0) is 23.5. The summed E-state index contributed by atoms with van der Waals surface area (Å²) in [6, 6.07) is 16.2. The van der Waals surface area contributed by atoms with Crippen molar-refractivity contribution >= 4 is 5.91 Å². The Morgan fingerprint density at radius 3 is 2.68 bits per heavy atom. The Bertz CT molecular complexity index is 1300. The first-order valence-electron chi connectivity index (χ1n) is 11.2. The highest BCUT2D eigenvalue weighted by molar-refractivity contribution is 5.94. The fourth-order valence-corrected chi connectivity index (χ4v) is 4.33. The van der Waals surface area contributed by atoms with E-state index in [9.17, 15) is 13.6 Å². The first-order valence-corrected chi connectivity index (χ1v) is 11.2. The second-order valence-electron chi connectivity index (χ2n) is 8.43. The molecule has 7 heteroatoms.